The summed E-state index contributed by atoms with van der Waals surface area (Å²) >= 11 is 0. The largest absolute Gasteiger partial charge is 0.456 e. The summed E-state index contributed by atoms with van der Waals surface area (Å²) in [6.07, 6.45) is 0. The van der Waals surface area contributed by atoms with E-state index in [1.165, 1.54) is 27.5 Å². The summed E-state index contributed by atoms with van der Waals surface area (Å²) in [5.41, 5.74) is 16.3. The average Bonchev–Trinajstić information content (AvgIpc) is 3.97. The van der Waals surface area contributed by atoms with E-state index in [1.54, 1.807) is 0 Å². The molecule has 0 aliphatic rings. The molecule has 0 amide bonds. The number of aromatic nitrogens is 1. The third kappa shape index (κ3) is 6.44. The van der Waals surface area contributed by atoms with Crippen LogP contribution in [0.3, 0.4) is 0 Å². The third-order valence-electron chi connectivity index (χ3n) is 12.1. The van der Waals surface area contributed by atoms with Crippen molar-refractivity contribution in [1.29, 1.82) is 0 Å². The Morgan fingerprint density at radius 3 is 1.79 bits per heavy atom. The van der Waals surface area contributed by atoms with E-state index in [-0.39, 0.29) is 0 Å². The van der Waals surface area contributed by atoms with Crippen LogP contribution in [-0.4, -0.2) is 4.98 Å². The predicted molar refractivity (Wildman–Crippen MR) is 261 cm³/mol. The Bertz CT molecular complexity index is 3600. The van der Waals surface area contributed by atoms with Gasteiger partial charge in [0, 0.05) is 27.9 Å². The van der Waals surface area contributed by atoms with Crippen molar-refractivity contribution in [2.24, 2.45) is 0 Å². The number of hydrogen-bond donors (Lipinski definition) is 0. The minimum atomic E-state index is 0.595. The Balaban J connectivity index is 1.03. The molecule has 0 N–H and O–H groups in total. The molecule has 0 aliphatic heterocycles. The van der Waals surface area contributed by atoms with Gasteiger partial charge in [-0.3, -0.25) is 0 Å². The summed E-state index contributed by atoms with van der Waals surface area (Å²) in [6.45, 7) is 0. The molecule has 0 bridgehead atoms. The average molecular weight is 807 g/mol. The van der Waals surface area contributed by atoms with Crippen LogP contribution < -0.4 is 4.90 Å². The summed E-state index contributed by atoms with van der Waals surface area (Å²) < 4.78 is 13.0. The lowest BCUT2D eigenvalue weighted by Gasteiger charge is -2.29. The number of benzene rings is 10. The number of para-hydroxylation sites is 1. The molecule has 0 saturated heterocycles. The molecule has 0 fully saturated rings. The minimum Gasteiger partial charge on any atom is -0.456 e. The van der Waals surface area contributed by atoms with Crippen LogP contribution in [0, 0.1) is 0 Å². The molecule has 63 heavy (non-hydrogen) atoms. The van der Waals surface area contributed by atoms with E-state index in [4.69, 9.17) is 13.8 Å². The van der Waals surface area contributed by atoms with E-state index in [9.17, 15) is 0 Å². The number of nitrogens with zero attached hydrogens (tertiary/aromatic N) is 2. The van der Waals surface area contributed by atoms with Crippen molar-refractivity contribution >= 4 is 60.9 Å². The molecule has 296 valence electrons. The molecule has 2 heterocycles. The zero-order valence-electron chi connectivity index (χ0n) is 34.2. The second kappa shape index (κ2) is 15.2. The van der Waals surface area contributed by atoms with Gasteiger partial charge in [0.25, 0.3) is 0 Å². The Kier molecular flexibility index (Phi) is 8.79. The molecule has 0 unspecified atom stereocenters. The first kappa shape index (κ1) is 36.4. The first-order chi connectivity index (χ1) is 31.2. The lowest BCUT2D eigenvalue weighted by molar-refractivity contribution is 0.622. The minimum absolute atomic E-state index is 0.595. The van der Waals surface area contributed by atoms with Gasteiger partial charge < -0.3 is 13.7 Å². The number of furan rings is 1. The lowest BCUT2D eigenvalue weighted by Crippen LogP contribution is -2.11. The van der Waals surface area contributed by atoms with Crippen molar-refractivity contribution in [3.05, 3.63) is 231 Å². The summed E-state index contributed by atoms with van der Waals surface area (Å²) in [4.78, 5) is 7.24. The van der Waals surface area contributed by atoms with Crippen molar-refractivity contribution in [2.75, 3.05) is 4.90 Å². The van der Waals surface area contributed by atoms with Gasteiger partial charge >= 0.3 is 0 Å². The van der Waals surface area contributed by atoms with Gasteiger partial charge in [-0.25, -0.2) is 4.98 Å². The van der Waals surface area contributed by atoms with Crippen molar-refractivity contribution in [3.8, 4) is 56.0 Å². The maximum Gasteiger partial charge on any atom is 0.227 e. The van der Waals surface area contributed by atoms with Gasteiger partial charge in [0.05, 0.1) is 11.1 Å². The van der Waals surface area contributed by atoms with Crippen LogP contribution in [0.4, 0.5) is 17.1 Å². The van der Waals surface area contributed by atoms with Gasteiger partial charge in [0.2, 0.25) is 5.89 Å². The summed E-state index contributed by atoms with van der Waals surface area (Å²) in [7, 11) is 0. The maximum atomic E-state index is 6.59. The SMILES string of the molecule is c1ccc(-c2ccc(N(c3ccc(-c4ccc5c(c4)oc4ccc6nc(-c7ccccc7)oc6c45)c(-c4ccccc4)c3)c3ccccc3-c3cccc4ccccc34)cc2)cc1. The summed E-state index contributed by atoms with van der Waals surface area (Å²) in [5, 5.41) is 4.35. The first-order valence-corrected chi connectivity index (χ1v) is 21.3. The highest BCUT2D eigenvalue weighted by Gasteiger charge is 2.22. The highest BCUT2D eigenvalue weighted by molar-refractivity contribution is 6.17. The van der Waals surface area contributed by atoms with Gasteiger partial charge in [0.1, 0.15) is 16.7 Å². The first-order valence-electron chi connectivity index (χ1n) is 21.3. The topological polar surface area (TPSA) is 42.4 Å². The van der Waals surface area contributed by atoms with Crippen LogP contribution in [0.5, 0.6) is 0 Å². The molecule has 10 aromatic carbocycles. The second-order valence-corrected chi connectivity index (χ2v) is 15.9. The van der Waals surface area contributed by atoms with Crippen LogP contribution in [0.1, 0.15) is 0 Å². The quantitative estimate of drug-likeness (QED) is 0.153. The van der Waals surface area contributed by atoms with E-state index < -0.39 is 0 Å². The van der Waals surface area contributed by atoms with Crippen LogP contribution >= 0.6 is 0 Å². The fraction of sp³-hybridized carbons (Fsp3) is 0. The molecule has 0 atom stereocenters. The Morgan fingerprint density at radius 2 is 0.984 bits per heavy atom. The van der Waals surface area contributed by atoms with Crippen LogP contribution in [0.2, 0.25) is 0 Å². The molecular weight excluding hydrogens is 769 g/mol. The van der Waals surface area contributed by atoms with Gasteiger partial charge in [-0.15, -0.1) is 0 Å². The fourth-order valence-corrected chi connectivity index (χ4v) is 9.11. The molecule has 12 rings (SSSR count). The smallest absolute Gasteiger partial charge is 0.227 e. The molecule has 4 heteroatoms. The van der Waals surface area contributed by atoms with Crippen LogP contribution in [-0.2, 0) is 0 Å². The van der Waals surface area contributed by atoms with Crippen molar-refractivity contribution in [3.63, 3.8) is 0 Å². The summed E-state index contributed by atoms with van der Waals surface area (Å²) in [5.74, 6) is 0.595. The normalized spacial score (nSPS) is 11.5. The van der Waals surface area contributed by atoms with Gasteiger partial charge in [-0.2, -0.15) is 0 Å². The van der Waals surface area contributed by atoms with E-state index in [1.807, 2.05) is 42.5 Å². The Labute approximate surface area is 364 Å². The third-order valence-corrected chi connectivity index (χ3v) is 12.1. The van der Waals surface area contributed by atoms with E-state index in [0.29, 0.717) is 5.89 Å². The number of hydrogen-bond acceptors (Lipinski definition) is 4. The molecular formula is C59H38N2O2. The van der Waals surface area contributed by atoms with Crippen LogP contribution in [0.15, 0.2) is 239 Å². The zero-order valence-corrected chi connectivity index (χ0v) is 34.2. The van der Waals surface area contributed by atoms with E-state index in [0.717, 1.165) is 83.5 Å². The Morgan fingerprint density at radius 1 is 0.349 bits per heavy atom. The van der Waals surface area contributed by atoms with Crippen molar-refractivity contribution in [2.45, 2.75) is 0 Å². The monoisotopic (exact) mass is 806 g/mol. The number of anilines is 3. The maximum absolute atomic E-state index is 6.59. The standard InChI is InChI=1S/C59H38N2O2/c1-4-15-39(16-5-1)40-27-30-45(31-28-40)61(54-26-13-12-24-50(54)49-25-14-22-41-19-10-11-23-47(41)49)46-32-34-48(52(38-46)42-17-6-2-7-18-42)44-29-33-51-56(37-44)62-55-36-35-53-58(57(51)55)63-59(60-53)43-20-8-3-9-21-43/h1-38H. The second-order valence-electron chi connectivity index (χ2n) is 15.9. The summed E-state index contributed by atoms with van der Waals surface area (Å²) in [6, 6.07) is 81.5. The highest BCUT2D eigenvalue weighted by Crippen LogP contribution is 2.46. The van der Waals surface area contributed by atoms with Gasteiger partial charge in [0.15, 0.2) is 5.58 Å². The number of rotatable bonds is 8. The molecule has 2 aromatic heterocycles. The molecule has 0 spiro atoms. The molecule has 4 nitrogen and oxygen atoms in total. The Hall–Kier alpha value is -8.47. The van der Waals surface area contributed by atoms with Gasteiger partial charge in [-0.05, 0) is 116 Å². The lowest BCUT2D eigenvalue weighted by atomic mass is 9.92. The number of fused-ring (bicyclic) bond motifs is 6. The van der Waals surface area contributed by atoms with Gasteiger partial charge in [-0.1, -0.05) is 164 Å². The zero-order chi connectivity index (χ0) is 41.7. The predicted octanol–water partition coefficient (Wildman–Crippen LogP) is 16.7. The van der Waals surface area contributed by atoms with E-state index in [2.05, 4.69) is 193 Å². The molecule has 0 saturated carbocycles. The van der Waals surface area contributed by atoms with Crippen LogP contribution in [0.25, 0.3) is 99.8 Å². The fourth-order valence-electron chi connectivity index (χ4n) is 9.11. The molecule has 12 aromatic rings. The molecule has 0 radical (unpaired) electrons. The highest BCUT2D eigenvalue weighted by atomic mass is 16.4. The molecule has 0 aliphatic carbocycles. The van der Waals surface area contributed by atoms with Crippen molar-refractivity contribution in [1.82, 2.24) is 4.98 Å². The van der Waals surface area contributed by atoms with Crippen molar-refractivity contribution < 1.29 is 8.83 Å². The number of oxazole rings is 1. The van der Waals surface area contributed by atoms with E-state index >= 15 is 0 Å².